The zero-order valence-electron chi connectivity index (χ0n) is 14.5. The van der Waals surface area contributed by atoms with Gasteiger partial charge in [-0.3, -0.25) is 4.90 Å². The SMILES string of the molecule is CCC(CO)NCc1ccc(OC)c(CN2CCOCC2)c1.Cl.Cl. The minimum absolute atomic E-state index is 0. The highest BCUT2D eigenvalue weighted by atomic mass is 35.5. The zero-order valence-corrected chi connectivity index (χ0v) is 16.1. The van der Waals surface area contributed by atoms with Crippen LogP contribution < -0.4 is 10.1 Å². The Morgan fingerprint density at radius 3 is 2.58 bits per heavy atom. The Kier molecular flexibility index (Phi) is 12.5. The van der Waals surface area contributed by atoms with Crippen LogP contribution in [0.2, 0.25) is 0 Å². The molecule has 1 saturated heterocycles. The summed E-state index contributed by atoms with van der Waals surface area (Å²) in [7, 11) is 1.72. The molecule has 1 unspecified atom stereocenters. The minimum Gasteiger partial charge on any atom is -0.496 e. The van der Waals surface area contributed by atoms with Gasteiger partial charge in [0, 0.05) is 37.8 Å². The first-order valence-electron chi connectivity index (χ1n) is 8.07. The van der Waals surface area contributed by atoms with Crippen molar-refractivity contribution in [3.63, 3.8) is 0 Å². The molecule has 0 radical (unpaired) electrons. The summed E-state index contributed by atoms with van der Waals surface area (Å²) in [6.45, 7) is 7.44. The van der Waals surface area contributed by atoms with Crippen molar-refractivity contribution < 1.29 is 14.6 Å². The lowest BCUT2D eigenvalue weighted by atomic mass is 10.1. The van der Waals surface area contributed by atoms with Crippen LogP contribution in [0.5, 0.6) is 5.75 Å². The summed E-state index contributed by atoms with van der Waals surface area (Å²) < 4.78 is 10.9. The molecule has 5 nitrogen and oxygen atoms in total. The van der Waals surface area contributed by atoms with Gasteiger partial charge in [0.25, 0.3) is 0 Å². The van der Waals surface area contributed by atoms with Gasteiger partial charge >= 0.3 is 0 Å². The summed E-state index contributed by atoms with van der Waals surface area (Å²) in [6, 6.07) is 6.47. The summed E-state index contributed by atoms with van der Waals surface area (Å²) in [5.74, 6) is 0.935. The van der Waals surface area contributed by atoms with Crippen LogP contribution in [0, 0.1) is 0 Å². The number of nitrogens with one attached hydrogen (secondary N) is 1. The van der Waals surface area contributed by atoms with E-state index in [1.54, 1.807) is 7.11 Å². The van der Waals surface area contributed by atoms with Gasteiger partial charge in [-0.1, -0.05) is 13.0 Å². The van der Waals surface area contributed by atoms with Gasteiger partial charge in [0.2, 0.25) is 0 Å². The number of methoxy groups -OCH3 is 1. The van der Waals surface area contributed by atoms with E-state index < -0.39 is 0 Å². The molecule has 1 aliphatic heterocycles. The Bertz CT molecular complexity index is 453. The van der Waals surface area contributed by atoms with Crippen molar-refractivity contribution in [3.8, 4) is 5.75 Å². The molecule has 1 aliphatic rings. The highest BCUT2D eigenvalue weighted by Gasteiger charge is 2.14. The minimum atomic E-state index is 0. The molecule has 140 valence electrons. The molecule has 1 atom stereocenters. The van der Waals surface area contributed by atoms with Crippen molar-refractivity contribution in [1.29, 1.82) is 0 Å². The molecule has 0 saturated carbocycles. The summed E-state index contributed by atoms with van der Waals surface area (Å²) in [5.41, 5.74) is 2.43. The van der Waals surface area contributed by atoms with Crippen molar-refractivity contribution in [3.05, 3.63) is 29.3 Å². The number of hydrogen-bond acceptors (Lipinski definition) is 5. The first-order chi connectivity index (χ1) is 10.8. The number of benzene rings is 1. The molecular formula is C17H30Cl2N2O3. The van der Waals surface area contributed by atoms with Gasteiger partial charge in [-0.15, -0.1) is 24.8 Å². The standard InChI is InChI=1S/C17H28N2O3.2ClH/c1-3-16(13-20)18-11-14-4-5-17(21-2)15(10-14)12-19-6-8-22-9-7-19;;/h4-5,10,16,18,20H,3,6-9,11-13H2,1-2H3;2*1H. The second kappa shape index (κ2) is 12.8. The quantitative estimate of drug-likeness (QED) is 0.724. The number of aliphatic hydroxyl groups is 1. The predicted molar refractivity (Wildman–Crippen MR) is 102 cm³/mol. The molecule has 1 heterocycles. The summed E-state index contributed by atoms with van der Waals surface area (Å²) >= 11 is 0. The van der Waals surface area contributed by atoms with E-state index in [2.05, 4.69) is 29.3 Å². The second-order valence-electron chi connectivity index (χ2n) is 5.70. The lowest BCUT2D eigenvalue weighted by Crippen LogP contribution is -2.35. The van der Waals surface area contributed by atoms with Crippen LogP contribution >= 0.6 is 24.8 Å². The lowest BCUT2D eigenvalue weighted by molar-refractivity contribution is 0.0339. The van der Waals surface area contributed by atoms with Gasteiger partial charge in [0.05, 0.1) is 26.9 Å². The molecule has 0 aromatic heterocycles. The van der Waals surface area contributed by atoms with E-state index in [0.717, 1.165) is 51.6 Å². The van der Waals surface area contributed by atoms with E-state index in [9.17, 15) is 5.11 Å². The van der Waals surface area contributed by atoms with Gasteiger partial charge in [0.15, 0.2) is 0 Å². The molecule has 2 N–H and O–H groups in total. The Morgan fingerprint density at radius 2 is 2.00 bits per heavy atom. The van der Waals surface area contributed by atoms with Crippen molar-refractivity contribution in [1.82, 2.24) is 10.2 Å². The number of ether oxygens (including phenoxy) is 2. The average molecular weight is 381 g/mol. The van der Waals surface area contributed by atoms with Gasteiger partial charge in [-0.25, -0.2) is 0 Å². The van der Waals surface area contributed by atoms with E-state index in [1.165, 1.54) is 11.1 Å². The number of rotatable bonds is 8. The van der Waals surface area contributed by atoms with E-state index in [0.29, 0.717) is 0 Å². The molecule has 0 bridgehead atoms. The molecule has 24 heavy (non-hydrogen) atoms. The summed E-state index contributed by atoms with van der Waals surface area (Å²) in [4.78, 5) is 2.39. The Labute approximate surface area is 157 Å². The molecule has 2 rings (SSSR count). The second-order valence-corrected chi connectivity index (χ2v) is 5.70. The molecule has 7 heteroatoms. The highest BCUT2D eigenvalue weighted by molar-refractivity contribution is 5.85. The maximum atomic E-state index is 9.26. The van der Waals surface area contributed by atoms with Crippen molar-refractivity contribution in [2.45, 2.75) is 32.5 Å². The summed E-state index contributed by atoms with van der Waals surface area (Å²) in [5, 5.41) is 12.6. The number of aliphatic hydroxyl groups excluding tert-OH is 1. The van der Waals surface area contributed by atoms with Crippen LogP contribution in [-0.4, -0.2) is 56.1 Å². The van der Waals surface area contributed by atoms with E-state index in [-0.39, 0.29) is 37.5 Å². The lowest BCUT2D eigenvalue weighted by Gasteiger charge is -2.27. The third-order valence-corrected chi connectivity index (χ3v) is 4.15. The molecule has 1 aromatic rings. The molecule has 1 aromatic carbocycles. The first kappa shape index (κ1) is 23.4. The molecule has 0 aliphatic carbocycles. The van der Waals surface area contributed by atoms with E-state index in [1.807, 2.05) is 6.07 Å². The maximum Gasteiger partial charge on any atom is 0.123 e. The van der Waals surface area contributed by atoms with E-state index in [4.69, 9.17) is 9.47 Å². The molecule has 1 fully saturated rings. The van der Waals surface area contributed by atoms with Crippen LogP contribution in [0.4, 0.5) is 0 Å². The van der Waals surface area contributed by atoms with Gasteiger partial charge < -0.3 is 19.9 Å². The Morgan fingerprint density at radius 1 is 1.29 bits per heavy atom. The third kappa shape index (κ3) is 7.13. The number of morpholine rings is 1. The molecular weight excluding hydrogens is 351 g/mol. The monoisotopic (exact) mass is 380 g/mol. The largest absolute Gasteiger partial charge is 0.496 e. The maximum absolute atomic E-state index is 9.26. The third-order valence-electron chi connectivity index (χ3n) is 4.15. The predicted octanol–water partition coefficient (Wildman–Crippen LogP) is 2.23. The molecule has 0 spiro atoms. The normalized spacial score (nSPS) is 16.0. The van der Waals surface area contributed by atoms with Crippen molar-refractivity contribution in [2.24, 2.45) is 0 Å². The van der Waals surface area contributed by atoms with Crippen LogP contribution in [0.1, 0.15) is 24.5 Å². The topological polar surface area (TPSA) is 54.0 Å². The number of nitrogens with zero attached hydrogens (tertiary/aromatic N) is 1. The fourth-order valence-electron chi connectivity index (χ4n) is 2.67. The number of hydrogen-bond donors (Lipinski definition) is 2. The van der Waals surface area contributed by atoms with Gasteiger partial charge in [0.1, 0.15) is 5.75 Å². The Balaban J connectivity index is 0.00000264. The van der Waals surface area contributed by atoms with Crippen molar-refractivity contribution >= 4 is 24.8 Å². The molecule has 0 amide bonds. The fourth-order valence-corrected chi connectivity index (χ4v) is 2.67. The smallest absolute Gasteiger partial charge is 0.123 e. The Hall–Kier alpha value is -0.560. The van der Waals surface area contributed by atoms with Crippen LogP contribution in [0.3, 0.4) is 0 Å². The van der Waals surface area contributed by atoms with Crippen LogP contribution in [0.15, 0.2) is 18.2 Å². The number of halogens is 2. The van der Waals surface area contributed by atoms with Crippen LogP contribution in [0.25, 0.3) is 0 Å². The van der Waals surface area contributed by atoms with Crippen molar-refractivity contribution in [2.75, 3.05) is 40.0 Å². The fraction of sp³-hybridized carbons (Fsp3) is 0.647. The highest BCUT2D eigenvalue weighted by Crippen LogP contribution is 2.22. The van der Waals surface area contributed by atoms with Gasteiger partial charge in [-0.05, 0) is 24.1 Å². The average Bonchev–Trinajstić information content (AvgIpc) is 2.57. The van der Waals surface area contributed by atoms with Crippen LogP contribution in [-0.2, 0) is 17.8 Å². The zero-order chi connectivity index (χ0) is 15.8. The van der Waals surface area contributed by atoms with Gasteiger partial charge in [-0.2, -0.15) is 0 Å². The first-order valence-corrected chi connectivity index (χ1v) is 8.07. The van der Waals surface area contributed by atoms with E-state index >= 15 is 0 Å². The summed E-state index contributed by atoms with van der Waals surface area (Å²) in [6.07, 6.45) is 0.924.